The minimum absolute atomic E-state index is 0.0322. The molecule has 0 aromatic heterocycles. The first-order valence-corrected chi connectivity index (χ1v) is 12.6. The van der Waals surface area contributed by atoms with Crippen LogP contribution < -0.4 is 10.1 Å². The molecule has 7 nitrogen and oxygen atoms in total. The molecule has 7 heteroatoms. The Morgan fingerprint density at radius 2 is 1.97 bits per heavy atom. The highest BCUT2D eigenvalue weighted by molar-refractivity contribution is 5.94. The van der Waals surface area contributed by atoms with Gasteiger partial charge in [0.2, 0.25) is 11.8 Å². The summed E-state index contributed by atoms with van der Waals surface area (Å²) in [5.41, 5.74) is 2.67. The molecule has 1 fully saturated rings. The van der Waals surface area contributed by atoms with Crippen molar-refractivity contribution in [3.63, 3.8) is 0 Å². The first-order valence-electron chi connectivity index (χ1n) is 12.6. The second-order valence-corrected chi connectivity index (χ2v) is 10.2. The number of hydrogen-bond acceptors (Lipinski definition) is 5. The molecule has 0 saturated heterocycles. The molecule has 1 aliphatic heterocycles. The van der Waals surface area contributed by atoms with Crippen molar-refractivity contribution in [1.82, 2.24) is 9.80 Å². The van der Waals surface area contributed by atoms with Gasteiger partial charge in [-0.05, 0) is 50.6 Å². The number of carbonyl (C=O) groups is 2. The maximum atomic E-state index is 13.3. The maximum Gasteiger partial charge on any atom is 0.227 e. The summed E-state index contributed by atoms with van der Waals surface area (Å²) in [4.78, 5) is 29.6. The summed E-state index contributed by atoms with van der Waals surface area (Å²) in [6.07, 6.45) is 1.87. The number of aliphatic hydroxyl groups excluding tert-OH is 1. The van der Waals surface area contributed by atoms with Gasteiger partial charge >= 0.3 is 0 Å². The summed E-state index contributed by atoms with van der Waals surface area (Å²) in [7, 11) is 2.08. The van der Waals surface area contributed by atoms with Gasteiger partial charge in [-0.3, -0.25) is 14.5 Å². The van der Waals surface area contributed by atoms with E-state index in [9.17, 15) is 14.7 Å². The Balaban J connectivity index is 1.58. The van der Waals surface area contributed by atoms with E-state index in [4.69, 9.17) is 4.74 Å². The highest BCUT2D eigenvalue weighted by Crippen LogP contribution is 2.32. The zero-order chi connectivity index (χ0) is 24.9. The van der Waals surface area contributed by atoms with Crippen molar-refractivity contribution in [2.24, 2.45) is 11.8 Å². The Morgan fingerprint density at radius 3 is 2.66 bits per heavy atom. The first kappa shape index (κ1) is 25.2. The lowest BCUT2D eigenvalue weighted by Gasteiger charge is -2.34. The molecule has 0 bridgehead atoms. The number of anilines is 1. The molecule has 2 N–H and O–H groups in total. The van der Waals surface area contributed by atoms with E-state index in [1.54, 1.807) is 4.90 Å². The molecule has 1 heterocycles. The molecule has 1 aliphatic carbocycles. The first-order chi connectivity index (χ1) is 16.8. The Labute approximate surface area is 208 Å². The van der Waals surface area contributed by atoms with Crippen molar-refractivity contribution in [1.29, 1.82) is 0 Å². The van der Waals surface area contributed by atoms with Crippen molar-refractivity contribution in [3.8, 4) is 5.75 Å². The number of carbonyl (C=O) groups excluding carboxylic acids is 2. The number of hydrogen-bond donors (Lipinski definition) is 2. The molecule has 4 rings (SSSR count). The van der Waals surface area contributed by atoms with Crippen molar-refractivity contribution in [3.05, 3.63) is 59.7 Å². The van der Waals surface area contributed by atoms with E-state index in [0.717, 1.165) is 24.9 Å². The molecule has 2 aromatic rings. The van der Waals surface area contributed by atoms with E-state index < -0.39 is 0 Å². The normalized spacial score (nSPS) is 21.4. The fraction of sp³-hybridized carbons (Fsp3) is 0.500. The standard InChI is InChI=1S/C28H37N3O4/c1-19-15-31(20(2)18-32)27(33)14-23-13-24(29-28(34)22-9-10-22)11-12-25(23)35-26(19)17-30(3)16-21-7-5-4-6-8-21/h4-8,11-13,19-20,22,26,32H,9-10,14-18H2,1-3H3,(H,29,34)/t19-,20-,26-/m0/s1. The van der Waals surface area contributed by atoms with Gasteiger partial charge in [0.05, 0.1) is 19.1 Å². The lowest BCUT2D eigenvalue weighted by molar-refractivity contribution is -0.134. The maximum absolute atomic E-state index is 13.3. The van der Waals surface area contributed by atoms with Crippen molar-refractivity contribution >= 4 is 17.5 Å². The van der Waals surface area contributed by atoms with Crippen molar-refractivity contribution < 1.29 is 19.4 Å². The zero-order valence-electron chi connectivity index (χ0n) is 20.9. The lowest BCUT2D eigenvalue weighted by atomic mass is 10.0. The van der Waals surface area contributed by atoms with Crippen LogP contribution in [-0.2, 0) is 22.6 Å². The molecule has 0 spiro atoms. The number of rotatable bonds is 8. The molecule has 35 heavy (non-hydrogen) atoms. The van der Waals surface area contributed by atoms with E-state index >= 15 is 0 Å². The Morgan fingerprint density at radius 1 is 1.23 bits per heavy atom. The number of nitrogens with zero attached hydrogens (tertiary/aromatic N) is 2. The van der Waals surface area contributed by atoms with Crippen molar-refractivity contribution in [2.45, 2.75) is 51.8 Å². The van der Waals surface area contributed by atoms with Crippen LogP contribution in [0.5, 0.6) is 5.75 Å². The minimum Gasteiger partial charge on any atom is -0.488 e. The monoisotopic (exact) mass is 479 g/mol. The Hall–Kier alpha value is -2.90. The van der Waals surface area contributed by atoms with Crippen LogP contribution in [0.15, 0.2) is 48.5 Å². The second kappa shape index (κ2) is 11.2. The minimum atomic E-state index is -0.285. The van der Waals surface area contributed by atoms with Gasteiger partial charge in [-0.1, -0.05) is 37.3 Å². The average Bonchev–Trinajstić information content (AvgIpc) is 3.68. The summed E-state index contributed by atoms with van der Waals surface area (Å²) >= 11 is 0. The SMILES string of the molecule is C[C@H]1CN([C@@H](C)CO)C(=O)Cc2cc(NC(=O)C3CC3)ccc2O[C@H]1CN(C)Cc1ccccc1. The largest absolute Gasteiger partial charge is 0.488 e. The topological polar surface area (TPSA) is 82.1 Å². The number of aliphatic hydroxyl groups is 1. The van der Waals surface area contributed by atoms with E-state index in [0.29, 0.717) is 24.5 Å². The van der Waals surface area contributed by atoms with Crippen molar-refractivity contribution in [2.75, 3.05) is 32.1 Å². The van der Waals surface area contributed by atoms with Crippen LogP contribution in [0.4, 0.5) is 5.69 Å². The molecule has 1 saturated carbocycles. The average molecular weight is 480 g/mol. The fourth-order valence-corrected chi connectivity index (χ4v) is 4.58. The Kier molecular flexibility index (Phi) is 8.08. The highest BCUT2D eigenvalue weighted by Gasteiger charge is 2.32. The third-order valence-corrected chi connectivity index (χ3v) is 6.92. The van der Waals surface area contributed by atoms with Gasteiger partial charge in [0.1, 0.15) is 11.9 Å². The van der Waals surface area contributed by atoms with E-state index in [-0.39, 0.29) is 48.8 Å². The predicted octanol–water partition coefficient (Wildman–Crippen LogP) is 3.32. The van der Waals surface area contributed by atoms with Gasteiger partial charge < -0.3 is 20.1 Å². The number of nitrogens with one attached hydrogen (secondary N) is 1. The van der Waals surface area contributed by atoms with E-state index in [2.05, 4.69) is 36.3 Å². The molecule has 2 aromatic carbocycles. The molecule has 3 atom stereocenters. The fourth-order valence-electron chi connectivity index (χ4n) is 4.58. The Bertz CT molecular complexity index is 1020. The predicted molar refractivity (Wildman–Crippen MR) is 136 cm³/mol. The van der Waals surface area contributed by atoms with Crippen LogP contribution in [0, 0.1) is 11.8 Å². The summed E-state index contributed by atoms with van der Waals surface area (Å²) in [6.45, 7) is 5.85. The summed E-state index contributed by atoms with van der Waals surface area (Å²) in [5, 5.41) is 12.8. The number of fused-ring (bicyclic) bond motifs is 1. The quantitative estimate of drug-likeness (QED) is 0.607. The summed E-state index contributed by atoms with van der Waals surface area (Å²) in [5.74, 6) is 0.805. The van der Waals surface area contributed by atoms with Gasteiger partial charge in [0, 0.05) is 42.7 Å². The third-order valence-electron chi connectivity index (χ3n) is 6.92. The van der Waals surface area contributed by atoms with E-state index in [1.807, 2.05) is 43.3 Å². The number of benzene rings is 2. The van der Waals surface area contributed by atoms with Crippen LogP contribution in [-0.4, -0.2) is 65.6 Å². The van der Waals surface area contributed by atoms with Gasteiger partial charge in [0.25, 0.3) is 0 Å². The summed E-state index contributed by atoms with van der Waals surface area (Å²) in [6, 6.07) is 15.6. The smallest absolute Gasteiger partial charge is 0.227 e. The zero-order valence-corrected chi connectivity index (χ0v) is 20.9. The van der Waals surface area contributed by atoms with Crippen LogP contribution in [0.25, 0.3) is 0 Å². The van der Waals surface area contributed by atoms with Gasteiger partial charge in [-0.15, -0.1) is 0 Å². The van der Waals surface area contributed by atoms with Crippen LogP contribution in [0.1, 0.15) is 37.8 Å². The molecule has 0 radical (unpaired) electrons. The van der Waals surface area contributed by atoms with Gasteiger partial charge in [-0.2, -0.15) is 0 Å². The van der Waals surface area contributed by atoms with Gasteiger partial charge in [-0.25, -0.2) is 0 Å². The third kappa shape index (κ3) is 6.61. The molecule has 188 valence electrons. The number of amides is 2. The van der Waals surface area contributed by atoms with E-state index in [1.165, 1.54) is 5.56 Å². The lowest BCUT2D eigenvalue weighted by Crippen LogP contribution is -2.47. The molecule has 0 unspecified atom stereocenters. The molecule has 2 amide bonds. The molecular weight excluding hydrogens is 442 g/mol. The highest BCUT2D eigenvalue weighted by atomic mass is 16.5. The second-order valence-electron chi connectivity index (χ2n) is 10.2. The van der Waals surface area contributed by atoms with Crippen LogP contribution in [0.2, 0.25) is 0 Å². The number of likely N-dealkylation sites (N-methyl/N-ethyl adjacent to an activating group) is 1. The molecule has 2 aliphatic rings. The molecular formula is C28H37N3O4. The van der Waals surface area contributed by atoms with Crippen LogP contribution in [0.3, 0.4) is 0 Å². The number of ether oxygens (including phenoxy) is 1. The van der Waals surface area contributed by atoms with Gasteiger partial charge in [0.15, 0.2) is 0 Å². The summed E-state index contributed by atoms with van der Waals surface area (Å²) < 4.78 is 6.57. The van der Waals surface area contributed by atoms with Crippen LogP contribution >= 0.6 is 0 Å².